The van der Waals surface area contributed by atoms with E-state index < -0.39 is 11.5 Å². The third-order valence-electron chi connectivity index (χ3n) is 3.71. The first-order valence-electron chi connectivity index (χ1n) is 7.32. The van der Waals surface area contributed by atoms with E-state index in [0.29, 0.717) is 32.6 Å². The van der Waals surface area contributed by atoms with Crippen LogP contribution in [0.2, 0.25) is 0 Å². The van der Waals surface area contributed by atoms with Gasteiger partial charge in [-0.1, -0.05) is 0 Å². The minimum atomic E-state index is -0.509. The van der Waals surface area contributed by atoms with Crippen LogP contribution in [0.25, 0.3) is 0 Å². The number of amides is 2. The van der Waals surface area contributed by atoms with Gasteiger partial charge in [0.25, 0.3) is 17.4 Å². The van der Waals surface area contributed by atoms with Gasteiger partial charge >= 0.3 is 0 Å². The fourth-order valence-corrected chi connectivity index (χ4v) is 2.53. The number of furan rings is 1. The minimum Gasteiger partial charge on any atom is -0.459 e. The van der Waals surface area contributed by atoms with E-state index in [1.165, 1.54) is 18.7 Å². The standard InChI is InChI=1S/C15H16N4O4/c20-13-12(16-4-5-17-13)15(22)19-7-2-6-18(8-9-19)14(21)11-3-1-10-23-11/h1,3-5,10H,2,6-9H2,(H,17,20). The molecule has 8 heteroatoms. The summed E-state index contributed by atoms with van der Waals surface area (Å²) in [7, 11) is 0. The second kappa shape index (κ2) is 6.47. The van der Waals surface area contributed by atoms with Crippen molar-refractivity contribution in [3.8, 4) is 0 Å². The zero-order chi connectivity index (χ0) is 16.2. The van der Waals surface area contributed by atoms with Crippen molar-refractivity contribution in [1.82, 2.24) is 19.8 Å². The summed E-state index contributed by atoms with van der Waals surface area (Å²) in [6, 6.07) is 3.28. The smallest absolute Gasteiger partial charge is 0.289 e. The van der Waals surface area contributed by atoms with E-state index in [4.69, 9.17) is 4.42 Å². The zero-order valence-electron chi connectivity index (χ0n) is 12.4. The van der Waals surface area contributed by atoms with Crippen LogP contribution in [0.5, 0.6) is 0 Å². The zero-order valence-corrected chi connectivity index (χ0v) is 12.4. The molecule has 120 valence electrons. The Morgan fingerprint density at radius 3 is 2.52 bits per heavy atom. The van der Waals surface area contributed by atoms with Crippen LogP contribution in [-0.4, -0.2) is 57.8 Å². The summed E-state index contributed by atoms with van der Waals surface area (Å²) in [5.41, 5.74) is -0.636. The number of aromatic amines is 1. The fourth-order valence-electron chi connectivity index (χ4n) is 2.53. The SMILES string of the molecule is O=C(c1ccco1)N1CCCN(C(=O)c2ncc[nH]c2=O)CC1. The second-order valence-corrected chi connectivity index (χ2v) is 5.18. The number of hydrogen-bond donors (Lipinski definition) is 1. The highest BCUT2D eigenvalue weighted by Crippen LogP contribution is 2.10. The first-order chi connectivity index (χ1) is 11.2. The first kappa shape index (κ1) is 15.0. The fraction of sp³-hybridized carbons (Fsp3) is 0.333. The van der Waals surface area contributed by atoms with Gasteiger partial charge in [0, 0.05) is 38.6 Å². The van der Waals surface area contributed by atoms with Gasteiger partial charge in [0.2, 0.25) is 0 Å². The lowest BCUT2D eigenvalue weighted by atomic mass is 10.3. The predicted molar refractivity (Wildman–Crippen MR) is 80.0 cm³/mol. The van der Waals surface area contributed by atoms with Gasteiger partial charge in [-0.15, -0.1) is 0 Å². The van der Waals surface area contributed by atoms with E-state index in [-0.39, 0.29) is 17.4 Å². The van der Waals surface area contributed by atoms with Gasteiger partial charge in [-0.2, -0.15) is 0 Å². The van der Waals surface area contributed by atoms with Crippen LogP contribution in [0.1, 0.15) is 27.5 Å². The summed E-state index contributed by atoms with van der Waals surface area (Å²) in [5.74, 6) is -0.329. The van der Waals surface area contributed by atoms with Crippen LogP contribution < -0.4 is 5.56 Å². The minimum absolute atomic E-state index is 0.127. The number of carbonyl (C=O) groups excluding carboxylic acids is 2. The molecule has 0 spiro atoms. The summed E-state index contributed by atoms with van der Waals surface area (Å²) in [6.07, 6.45) is 4.83. The maximum Gasteiger partial charge on any atom is 0.289 e. The molecule has 1 aliphatic heterocycles. The number of carbonyl (C=O) groups is 2. The maximum absolute atomic E-state index is 12.4. The Morgan fingerprint density at radius 2 is 1.87 bits per heavy atom. The molecule has 2 aromatic heterocycles. The molecule has 1 saturated heterocycles. The molecule has 0 aromatic carbocycles. The molecule has 0 unspecified atom stereocenters. The largest absolute Gasteiger partial charge is 0.459 e. The van der Waals surface area contributed by atoms with E-state index in [2.05, 4.69) is 9.97 Å². The van der Waals surface area contributed by atoms with Crippen molar-refractivity contribution in [2.75, 3.05) is 26.2 Å². The maximum atomic E-state index is 12.4. The Balaban J connectivity index is 1.69. The van der Waals surface area contributed by atoms with Crippen LogP contribution in [0.4, 0.5) is 0 Å². The molecule has 3 rings (SSSR count). The Kier molecular flexibility index (Phi) is 4.22. The van der Waals surface area contributed by atoms with Crippen molar-refractivity contribution in [1.29, 1.82) is 0 Å². The molecular weight excluding hydrogens is 300 g/mol. The van der Waals surface area contributed by atoms with Gasteiger partial charge in [0.1, 0.15) is 0 Å². The second-order valence-electron chi connectivity index (χ2n) is 5.18. The molecule has 2 amide bonds. The van der Waals surface area contributed by atoms with Crippen LogP contribution in [-0.2, 0) is 0 Å². The lowest BCUT2D eigenvalue weighted by molar-refractivity contribution is 0.0697. The summed E-state index contributed by atoms with van der Waals surface area (Å²) < 4.78 is 5.12. The van der Waals surface area contributed by atoms with Gasteiger partial charge < -0.3 is 19.2 Å². The Labute approximate surface area is 131 Å². The number of H-pyrrole nitrogens is 1. The van der Waals surface area contributed by atoms with Crippen LogP contribution in [0, 0.1) is 0 Å². The lowest BCUT2D eigenvalue weighted by Gasteiger charge is -2.21. The molecule has 2 aromatic rings. The van der Waals surface area contributed by atoms with Crippen molar-refractivity contribution >= 4 is 11.8 Å². The van der Waals surface area contributed by atoms with E-state index in [0.717, 1.165) is 0 Å². The molecule has 1 fully saturated rings. The van der Waals surface area contributed by atoms with Gasteiger partial charge in [0.05, 0.1) is 6.26 Å². The van der Waals surface area contributed by atoms with Gasteiger partial charge in [-0.05, 0) is 18.6 Å². The van der Waals surface area contributed by atoms with Crippen molar-refractivity contribution in [3.05, 3.63) is 52.6 Å². The number of nitrogens with zero attached hydrogens (tertiary/aromatic N) is 3. The average molecular weight is 316 g/mol. The van der Waals surface area contributed by atoms with Crippen LogP contribution >= 0.6 is 0 Å². The molecule has 0 radical (unpaired) electrons. The van der Waals surface area contributed by atoms with Gasteiger partial charge in [-0.3, -0.25) is 14.4 Å². The number of nitrogens with one attached hydrogen (secondary N) is 1. The Bertz CT molecular complexity index is 753. The van der Waals surface area contributed by atoms with Gasteiger partial charge in [-0.25, -0.2) is 4.98 Å². The molecule has 0 bridgehead atoms. The quantitative estimate of drug-likeness (QED) is 0.862. The lowest BCUT2D eigenvalue weighted by Crippen LogP contribution is -2.39. The predicted octanol–water partition coefficient (Wildman–Crippen LogP) is 0.351. The van der Waals surface area contributed by atoms with E-state index >= 15 is 0 Å². The monoisotopic (exact) mass is 316 g/mol. The van der Waals surface area contributed by atoms with Crippen molar-refractivity contribution < 1.29 is 14.0 Å². The summed E-state index contributed by atoms with van der Waals surface area (Å²) in [6.45, 7) is 1.73. The first-order valence-corrected chi connectivity index (χ1v) is 7.32. The highest BCUT2D eigenvalue weighted by molar-refractivity contribution is 5.93. The van der Waals surface area contributed by atoms with E-state index in [1.54, 1.807) is 21.9 Å². The molecule has 1 aliphatic rings. The highest BCUT2D eigenvalue weighted by atomic mass is 16.3. The van der Waals surface area contributed by atoms with Crippen molar-refractivity contribution in [2.24, 2.45) is 0 Å². The molecule has 8 nitrogen and oxygen atoms in total. The van der Waals surface area contributed by atoms with Crippen molar-refractivity contribution in [2.45, 2.75) is 6.42 Å². The van der Waals surface area contributed by atoms with Crippen molar-refractivity contribution in [3.63, 3.8) is 0 Å². The number of aromatic nitrogens is 2. The average Bonchev–Trinajstić information content (AvgIpc) is 2.98. The van der Waals surface area contributed by atoms with Crippen LogP contribution in [0.15, 0.2) is 40.0 Å². The van der Waals surface area contributed by atoms with E-state index in [1.807, 2.05) is 0 Å². The summed E-state index contributed by atoms with van der Waals surface area (Å²) >= 11 is 0. The third kappa shape index (κ3) is 3.15. The topological polar surface area (TPSA) is 99.5 Å². The molecule has 0 saturated carbocycles. The summed E-state index contributed by atoms with van der Waals surface area (Å²) in [4.78, 5) is 45.8. The van der Waals surface area contributed by atoms with Gasteiger partial charge in [0.15, 0.2) is 11.5 Å². The molecular formula is C15H16N4O4. The normalized spacial score (nSPS) is 15.3. The molecule has 23 heavy (non-hydrogen) atoms. The number of rotatable bonds is 2. The highest BCUT2D eigenvalue weighted by Gasteiger charge is 2.26. The summed E-state index contributed by atoms with van der Waals surface area (Å²) in [5, 5.41) is 0. The molecule has 1 N–H and O–H groups in total. The van der Waals surface area contributed by atoms with E-state index in [9.17, 15) is 14.4 Å². The Morgan fingerprint density at radius 1 is 1.13 bits per heavy atom. The molecule has 0 atom stereocenters. The number of hydrogen-bond acceptors (Lipinski definition) is 5. The molecule has 0 aliphatic carbocycles. The van der Waals surface area contributed by atoms with Crippen LogP contribution in [0.3, 0.4) is 0 Å². The third-order valence-corrected chi connectivity index (χ3v) is 3.71. The molecule has 3 heterocycles. The Hall–Kier alpha value is -2.90.